The average molecular weight is 342 g/mol. The summed E-state index contributed by atoms with van der Waals surface area (Å²) in [4.78, 5) is 0. The minimum Gasteiger partial charge on any atom is -0.206 e. The van der Waals surface area contributed by atoms with Crippen LogP contribution >= 0.6 is 0 Å². The molecular weight excluding hydrogens is 321 g/mol. The smallest absolute Gasteiger partial charge is 0.174 e. The normalized spacial score (nSPS) is 16.1. The van der Waals surface area contributed by atoms with Crippen LogP contribution in [0.5, 0.6) is 0 Å². The molecule has 25 heavy (non-hydrogen) atoms. The number of hydrogen-bond acceptors (Lipinski definition) is 0. The maximum Gasteiger partial charge on any atom is 0.174 e. The van der Waals surface area contributed by atoms with Crippen LogP contribution in [0.3, 0.4) is 0 Å². The van der Waals surface area contributed by atoms with Crippen molar-refractivity contribution in [3.8, 4) is 11.8 Å². The summed E-state index contributed by atoms with van der Waals surface area (Å²) in [6.07, 6.45) is 6.54. The van der Waals surface area contributed by atoms with Gasteiger partial charge in [0.05, 0.1) is 11.1 Å². The van der Waals surface area contributed by atoms with E-state index in [4.69, 9.17) is 0 Å². The van der Waals surface area contributed by atoms with E-state index in [1.807, 2.05) is 0 Å². The van der Waals surface area contributed by atoms with E-state index in [0.29, 0.717) is 5.92 Å². The third-order valence-electron chi connectivity index (χ3n) is 4.87. The van der Waals surface area contributed by atoms with Crippen molar-refractivity contribution in [1.29, 1.82) is 0 Å². The second-order valence-corrected chi connectivity index (χ2v) is 6.70. The van der Waals surface area contributed by atoms with Gasteiger partial charge in [0.1, 0.15) is 5.82 Å². The Balaban J connectivity index is 1.84. The summed E-state index contributed by atoms with van der Waals surface area (Å²) < 4.78 is 41.2. The Morgan fingerprint density at radius 3 is 2.60 bits per heavy atom. The summed E-state index contributed by atoms with van der Waals surface area (Å²) in [5.41, 5.74) is 2.37. The number of unbranched alkanes of at least 4 members (excludes halogenated alkanes) is 1. The minimum atomic E-state index is -0.993. The predicted octanol–water partition coefficient (Wildman–Crippen LogP) is 5.80. The highest BCUT2D eigenvalue weighted by atomic mass is 19.2. The molecule has 0 amide bonds. The first-order valence-corrected chi connectivity index (χ1v) is 8.85. The quantitative estimate of drug-likeness (QED) is 0.619. The maximum absolute atomic E-state index is 14.4. The molecule has 1 aliphatic carbocycles. The van der Waals surface area contributed by atoms with Crippen LogP contribution in [0.25, 0.3) is 0 Å². The van der Waals surface area contributed by atoms with Crippen molar-refractivity contribution in [1.82, 2.24) is 0 Å². The molecule has 1 unspecified atom stereocenters. The largest absolute Gasteiger partial charge is 0.206 e. The zero-order valence-electron chi connectivity index (χ0n) is 14.3. The van der Waals surface area contributed by atoms with Crippen molar-refractivity contribution in [2.45, 2.75) is 45.4 Å². The van der Waals surface area contributed by atoms with Crippen molar-refractivity contribution >= 4 is 0 Å². The fraction of sp³-hybridized carbons (Fsp3) is 0.364. The van der Waals surface area contributed by atoms with E-state index in [9.17, 15) is 13.2 Å². The molecule has 0 aromatic heterocycles. The second-order valence-electron chi connectivity index (χ2n) is 6.70. The van der Waals surface area contributed by atoms with Gasteiger partial charge >= 0.3 is 0 Å². The van der Waals surface area contributed by atoms with Gasteiger partial charge in [0.25, 0.3) is 0 Å². The standard InChI is InChI=1S/C22H21F3/c1-2-3-5-15-8-9-17-13-18(21(24)14-19(17)12-15)11-10-16-6-4-7-20(23)22(16)25/h4,6-7,13-15H,2-3,5,8-9,12H2,1H3. The van der Waals surface area contributed by atoms with Crippen LogP contribution in [-0.4, -0.2) is 0 Å². The van der Waals surface area contributed by atoms with E-state index in [1.54, 1.807) is 12.1 Å². The topological polar surface area (TPSA) is 0 Å². The Kier molecular flexibility index (Phi) is 5.48. The molecule has 0 saturated carbocycles. The van der Waals surface area contributed by atoms with Crippen LogP contribution in [0.2, 0.25) is 0 Å². The molecule has 0 aliphatic heterocycles. The van der Waals surface area contributed by atoms with E-state index >= 15 is 0 Å². The number of halogens is 3. The predicted molar refractivity (Wildman–Crippen MR) is 93.8 cm³/mol. The van der Waals surface area contributed by atoms with Gasteiger partial charge in [-0.15, -0.1) is 0 Å². The van der Waals surface area contributed by atoms with Crippen LogP contribution < -0.4 is 0 Å². The summed E-state index contributed by atoms with van der Waals surface area (Å²) >= 11 is 0. The number of aryl methyl sites for hydroxylation is 1. The van der Waals surface area contributed by atoms with Gasteiger partial charge in [0.2, 0.25) is 0 Å². The molecule has 1 atom stereocenters. The van der Waals surface area contributed by atoms with Crippen molar-refractivity contribution in [2.24, 2.45) is 5.92 Å². The van der Waals surface area contributed by atoms with E-state index in [2.05, 4.69) is 18.8 Å². The van der Waals surface area contributed by atoms with Gasteiger partial charge in [-0.3, -0.25) is 0 Å². The third kappa shape index (κ3) is 4.07. The van der Waals surface area contributed by atoms with Crippen molar-refractivity contribution in [3.63, 3.8) is 0 Å². The van der Waals surface area contributed by atoms with Gasteiger partial charge in [0, 0.05) is 0 Å². The van der Waals surface area contributed by atoms with Gasteiger partial charge in [-0.2, -0.15) is 0 Å². The fourth-order valence-electron chi connectivity index (χ4n) is 3.42. The Labute approximate surface area is 147 Å². The zero-order valence-corrected chi connectivity index (χ0v) is 14.3. The van der Waals surface area contributed by atoms with Crippen LogP contribution in [-0.2, 0) is 12.8 Å². The Hall–Kier alpha value is -2.21. The fourth-order valence-corrected chi connectivity index (χ4v) is 3.42. The summed E-state index contributed by atoms with van der Waals surface area (Å²) in [5, 5.41) is 0. The highest BCUT2D eigenvalue weighted by Gasteiger charge is 2.20. The number of hydrogen-bond donors (Lipinski definition) is 0. The molecule has 0 nitrogen and oxygen atoms in total. The van der Waals surface area contributed by atoms with Crippen LogP contribution in [0.15, 0.2) is 30.3 Å². The number of rotatable bonds is 3. The lowest BCUT2D eigenvalue weighted by atomic mass is 9.81. The zero-order chi connectivity index (χ0) is 17.8. The summed E-state index contributed by atoms with van der Waals surface area (Å²) in [7, 11) is 0. The molecule has 3 heteroatoms. The van der Waals surface area contributed by atoms with Crippen molar-refractivity contribution in [2.75, 3.05) is 0 Å². The summed E-state index contributed by atoms with van der Waals surface area (Å²) in [5.74, 6) is 3.51. The van der Waals surface area contributed by atoms with E-state index in [1.165, 1.54) is 31.4 Å². The van der Waals surface area contributed by atoms with Crippen molar-refractivity contribution < 1.29 is 13.2 Å². The first kappa shape index (κ1) is 17.6. The van der Waals surface area contributed by atoms with Gasteiger partial charge in [-0.05, 0) is 60.6 Å². The molecule has 3 rings (SSSR count). The van der Waals surface area contributed by atoms with Crippen LogP contribution in [0.4, 0.5) is 13.2 Å². The highest BCUT2D eigenvalue weighted by Crippen LogP contribution is 2.30. The average Bonchev–Trinajstić information content (AvgIpc) is 2.61. The summed E-state index contributed by atoms with van der Waals surface area (Å²) in [6.45, 7) is 2.18. The van der Waals surface area contributed by atoms with Gasteiger partial charge in [-0.25, -0.2) is 13.2 Å². The Bertz CT molecular complexity index is 827. The molecule has 0 saturated heterocycles. The van der Waals surface area contributed by atoms with Crippen LogP contribution in [0.1, 0.15) is 54.9 Å². The molecule has 130 valence electrons. The Morgan fingerprint density at radius 2 is 1.80 bits per heavy atom. The minimum absolute atomic E-state index is 0.0586. The molecule has 1 aliphatic rings. The molecule has 0 radical (unpaired) electrons. The molecule has 0 spiro atoms. The Morgan fingerprint density at radius 1 is 1.00 bits per heavy atom. The van der Waals surface area contributed by atoms with Crippen LogP contribution in [0, 0.1) is 35.2 Å². The molecular formula is C22H21F3. The first-order valence-electron chi connectivity index (χ1n) is 8.85. The lowest BCUT2D eigenvalue weighted by Crippen LogP contribution is -2.15. The lowest BCUT2D eigenvalue weighted by molar-refractivity contribution is 0.411. The van der Waals surface area contributed by atoms with E-state index in [-0.39, 0.29) is 16.9 Å². The second kappa shape index (κ2) is 7.78. The van der Waals surface area contributed by atoms with Crippen molar-refractivity contribution in [3.05, 3.63) is 70.0 Å². The van der Waals surface area contributed by atoms with E-state index < -0.39 is 11.6 Å². The molecule has 0 heterocycles. The monoisotopic (exact) mass is 342 g/mol. The molecule has 0 fully saturated rings. The van der Waals surface area contributed by atoms with Gasteiger partial charge < -0.3 is 0 Å². The molecule has 2 aromatic carbocycles. The first-order chi connectivity index (χ1) is 12.1. The SMILES string of the molecule is CCCCC1CCc2cc(C#Cc3cccc(F)c3F)c(F)cc2C1. The third-order valence-corrected chi connectivity index (χ3v) is 4.87. The maximum atomic E-state index is 14.4. The number of fused-ring (bicyclic) bond motifs is 1. The molecule has 0 N–H and O–H groups in total. The van der Waals surface area contributed by atoms with Gasteiger partial charge in [0.15, 0.2) is 11.6 Å². The molecule has 0 bridgehead atoms. The molecule has 2 aromatic rings. The lowest BCUT2D eigenvalue weighted by Gasteiger charge is -2.25. The van der Waals surface area contributed by atoms with E-state index in [0.717, 1.165) is 36.5 Å². The number of benzene rings is 2. The highest BCUT2D eigenvalue weighted by molar-refractivity contribution is 5.47. The summed E-state index contributed by atoms with van der Waals surface area (Å²) in [6, 6.07) is 7.15. The van der Waals surface area contributed by atoms with Gasteiger partial charge in [-0.1, -0.05) is 44.1 Å².